The van der Waals surface area contributed by atoms with E-state index in [1.54, 1.807) is 0 Å². The van der Waals surface area contributed by atoms with Gasteiger partial charge in [0, 0.05) is 0 Å². The number of nitrogens with one attached hydrogen (secondary N) is 1. The van der Waals surface area contributed by atoms with Crippen molar-refractivity contribution in [3.05, 3.63) is 40.6 Å². The molecule has 1 saturated heterocycles. The Morgan fingerprint density at radius 3 is 2.26 bits per heavy atom. The Kier molecular flexibility index (Phi) is 10.4. The number of carbonyl (C=O) groups is 3. The largest absolute Gasteiger partial charge is 0.515 e. The molecule has 0 atom stereocenters. The lowest BCUT2D eigenvalue weighted by Gasteiger charge is -2.17. The minimum atomic E-state index is -0.759. The zero-order valence-electron chi connectivity index (χ0n) is 18.0. The van der Waals surface area contributed by atoms with Crippen molar-refractivity contribution in [1.82, 2.24) is 5.43 Å². The number of hydrazine groups is 1. The van der Waals surface area contributed by atoms with Crippen LogP contribution in [0.3, 0.4) is 0 Å². The number of hydrogen-bond donors (Lipinski definition) is 2. The summed E-state index contributed by atoms with van der Waals surface area (Å²) in [6.07, 6.45) is 12.4. The van der Waals surface area contributed by atoms with E-state index in [2.05, 4.69) is 12.3 Å². The normalized spacial score (nSPS) is 14.9. The zero-order chi connectivity index (χ0) is 22.6. The van der Waals surface area contributed by atoms with Gasteiger partial charge in [-0.2, -0.15) is 0 Å². The lowest BCUT2D eigenvalue weighted by atomic mass is 10.1. The van der Waals surface area contributed by atoms with Gasteiger partial charge in [0.2, 0.25) is 0 Å². The molecule has 1 aromatic carbocycles. The number of benzene rings is 1. The molecule has 1 aliphatic heterocycles. The highest BCUT2D eigenvalue weighted by atomic mass is 35.5. The standard InChI is InChI=1S/C23H31ClN2O5/c1-2-3-4-5-6-7-8-9-10-11-14-31-23(30)17-12-13-19(24)20(15-17)26-22(29)18(16-27)21(28)25-26/h12-13,15-16,27H,2-11,14H2,1H3,(H,25,28)/b18-16-. The molecule has 1 aromatic rings. The SMILES string of the molecule is CCCCCCCCCCCCOC(=O)c1ccc(Cl)c(N2NC(=O)/C(=C/O)C2=O)c1. The van der Waals surface area contributed by atoms with E-state index in [9.17, 15) is 14.4 Å². The Morgan fingerprint density at radius 1 is 1.06 bits per heavy atom. The van der Waals surface area contributed by atoms with Crippen molar-refractivity contribution in [2.75, 3.05) is 11.6 Å². The van der Waals surface area contributed by atoms with Gasteiger partial charge in [0.05, 0.1) is 29.1 Å². The summed E-state index contributed by atoms with van der Waals surface area (Å²) in [4.78, 5) is 36.3. The molecule has 7 nitrogen and oxygen atoms in total. The van der Waals surface area contributed by atoms with Gasteiger partial charge in [-0.1, -0.05) is 76.3 Å². The number of halogens is 1. The highest BCUT2D eigenvalue weighted by Crippen LogP contribution is 2.29. The van der Waals surface area contributed by atoms with E-state index < -0.39 is 23.4 Å². The van der Waals surface area contributed by atoms with Crippen LogP contribution in [0.5, 0.6) is 0 Å². The van der Waals surface area contributed by atoms with Crippen LogP contribution in [0.1, 0.15) is 81.5 Å². The number of nitrogens with zero attached hydrogens (tertiary/aromatic N) is 1. The second-order valence-corrected chi connectivity index (χ2v) is 8.02. The molecule has 0 saturated carbocycles. The Bertz CT molecular complexity index is 809. The Labute approximate surface area is 188 Å². The van der Waals surface area contributed by atoms with Gasteiger partial charge >= 0.3 is 5.97 Å². The molecule has 0 unspecified atom stereocenters. The predicted octanol–water partition coefficient (Wildman–Crippen LogP) is 5.24. The number of esters is 1. The molecule has 170 valence electrons. The zero-order valence-corrected chi connectivity index (χ0v) is 18.7. The van der Waals surface area contributed by atoms with Gasteiger partial charge in [-0.25, -0.2) is 9.80 Å². The first-order valence-electron chi connectivity index (χ1n) is 11.0. The lowest BCUT2D eigenvalue weighted by molar-refractivity contribution is -0.117. The molecule has 1 aliphatic rings. The smallest absolute Gasteiger partial charge is 0.338 e. The van der Waals surface area contributed by atoms with Crippen LogP contribution >= 0.6 is 11.6 Å². The van der Waals surface area contributed by atoms with E-state index in [1.165, 1.54) is 63.1 Å². The van der Waals surface area contributed by atoms with Crippen LogP contribution < -0.4 is 10.4 Å². The molecule has 0 aliphatic carbocycles. The van der Waals surface area contributed by atoms with Crippen LogP contribution in [0, 0.1) is 0 Å². The van der Waals surface area contributed by atoms with Gasteiger partial charge in [0.25, 0.3) is 11.8 Å². The topological polar surface area (TPSA) is 95.9 Å². The van der Waals surface area contributed by atoms with E-state index in [-0.39, 0.29) is 16.3 Å². The number of aliphatic hydroxyl groups excluding tert-OH is 1. The summed E-state index contributed by atoms with van der Waals surface area (Å²) >= 11 is 6.13. The third kappa shape index (κ3) is 7.28. The fraction of sp³-hybridized carbons (Fsp3) is 0.522. The van der Waals surface area contributed by atoms with Crippen molar-refractivity contribution in [2.24, 2.45) is 0 Å². The number of hydrogen-bond acceptors (Lipinski definition) is 5. The summed E-state index contributed by atoms with van der Waals surface area (Å²) in [7, 11) is 0. The molecule has 0 radical (unpaired) electrons. The monoisotopic (exact) mass is 450 g/mol. The maximum absolute atomic E-state index is 12.3. The maximum Gasteiger partial charge on any atom is 0.338 e. The average Bonchev–Trinajstić information content (AvgIpc) is 3.05. The van der Waals surface area contributed by atoms with Gasteiger partial charge in [-0.3, -0.25) is 15.0 Å². The predicted molar refractivity (Wildman–Crippen MR) is 120 cm³/mol. The van der Waals surface area contributed by atoms with E-state index in [0.29, 0.717) is 12.9 Å². The Morgan fingerprint density at radius 2 is 1.68 bits per heavy atom. The third-order valence-electron chi connectivity index (χ3n) is 5.17. The highest BCUT2D eigenvalue weighted by molar-refractivity contribution is 6.36. The molecule has 2 N–H and O–H groups in total. The summed E-state index contributed by atoms with van der Waals surface area (Å²) in [5.41, 5.74) is 2.23. The van der Waals surface area contributed by atoms with Gasteiger partial charge in [-0.15, -0.1) is 0 Å². The van der Waals surface area contributed by atoms with E-state index in [0.717, 1.165) is 24.3 Å². The fourth-order valence-corrected chi connectivity index (χ4v) is 3.56. The van der Waals surface area contributed by atoms with Gasteiger partial charge in [-0.05, 0) is 24.6 Å². The van der Waals surface area contributed by atoms with Crippen LogP contribution in [0.2, 0.25) is 5.02 Å². The molecule has 0 bridgehead atoms. The Balaban J connectivity index is 1.75. The number of amides is 2. The summed E-state index contributed by atoms with van der Waals surface area (Å²) in [5.74, 6) is -2.03. The summed E-state index contributed by atoms with van der Waals surface area (Å²) < 4.78 is 5.32. The van der Waals surface area contributed by atoms with E-state index in [4.69, 9.17) is 21.4 Å². The Hall–Kier alpha value is -2.54. The second-order valence-electron chi connectivity index (χ2n) is 7.61. The first-order valence-corrected chi connectivity index (χ1v) is 11.3. The maximum atomic E-state index is 12.3. The minimum absolute atomic E-state index is 0.130. The molecular formula is C23H31ClN2O5. The van der Waals surface area contributed by atoms with Crippen molar-refractivity contribution >= 4 is 35.1 Å². The first-order chi connectivity index (χ1) is 15.0. The van der Waals surface area contributed by atoms with Crippen LogP contribution in [0.15, 0.2) is 30.0 Å². The van der Waals surface area contributed by atoms with Gasteiger partial charge < -0.3 is 9.84 Å². The highest BCUT2D eigenvalue weighted by Gasteiger charge is 2.36. The number of unbranched alkanes of at least 4 members (excludes halogenated alkanes) is 9. The average molecular weight is 451 g/mol. The molecule has 2 amide bonds. The van der Waals surface area contributed by atoms with E-state index in [1.807, 2.05) is 0 Å². The molecule has 0 aromatic heterocycles. The number of anilines is 1. The molecular weight excluding hydrogens is 420 g/mol. The number of aliphatic hydroxyl groups is 1. The third-order valence-corrected chi connectivity index (χ3v) is 5.49. The summed E-state index contributed by atoms with van der Waals surface area (Å²) in [6, 6.07) is 4.33. The lowest BCUT2D eigenvalue weighted by Crippen LogP contribution is -2.36. The fourth-order valence-electron chi connectivity index (χ4n) is 3.36. The van der Waals surface area contributed by atoms with E-state index >= 15 is 0 Å². The van der Waals surface area contributed by atoms with Crippen molar-refractivity contribution < 1.29 is 24.2 Å². The van der Waals surface area contributed by atoms with Crippen LogP contribution in [-0.2, 0) is 14.3 Å². The number of rotatable bonds is 13. The summed E-state index contributed by atoms with van der Waals surface area (Å²) in [5, 5.41) is 10.1. The van der Waals surface area contributed by atoms with Crippen LogP contribution in [-0.4, -0.2) is 29.5 Å². The molecule has 31 heavy (non-hydrogen) atoms. The van der Waals surface area contributed by atoms with Crippen molar-refractivity contribution in [1.29, 1.82) is 0 Å². The molecule has 1 heterocycles. The first kappa shape index (κ1) is 24.7. The number of carbonyl (C=O) groups excluding carboxylic acids is 3. The van der Waals surface area contributed by atoms with Crippen molar-refractivity contribution in [3.8, 4) is 0 Å². The van der Waals surface area contributed by atoms with Crippen molar-refractivity contribution in [3.63, 3.8) is 0 Å². The van der Waals surface area contributed by atoms with Gasteiger partial charge in [0.1, 0.15) is 5.57 Å². The van der Waals surface area contributed by atoms with Crippen LogP contribution in [0.25, 0.3) is 0 Å². The molecule has 2 rings (SSSR count). The molecule has 1 fully saturated rings. The quantitative estimate of drug-likeness (QED) is 0.141. The van der Waals surface area contributed by atoms with Crippen LogP contribution in [0.4, 0.5) is 5.69 Å². The molecule has 8 heteroatoms. The molecule has 0 spiro atoms. The minimum Gasteiger partial charge on any atom is -0.515 e. The number of ether oxygens (including phenoxy) is 1. The summed E-state index contributed by atoms with van der Waals surface area (Å²) in [6.45, 7) is 2.54. The second kappa shape index (κ2) is 13.0. The van der Waals surface area contributed by atoms with Gasteiger partial charge in [0.15, 0.2) is 0 Å². The van der Waals surface area contributed by atoms with Crippen molar-refractivity contribution in [2.45, 2.75) is 71.1 Å².